The van der Waals surface area contributed by atoms with Gasteiger partial charge in [-0.15, -0.1) is 0 Å². The first-order valence-electron chi connectivity index (χ1n) is 3.73. The van der Waals surface area contributed by atoms with E-state index in [4.69, 9.17) is 0 Å². The van der Waals surface area contributed by atoms with E-state index in [1.54, 1.807) is 6.07 Å². The summed E-state index contributed by atoms with van der Waals surface area (Å²) in [5.74, 6) is -1.34. The summed E-state index contributed by atoms with van der Waals surface area (Å²) < 4.78 is 0. The molecular weight excluding hydrogens is 193 g/mol. The molecule has 1 aromatic carbocycles. The number of nitrogens with zero attached hydrogens (tertiary/aromatic N) is 1. The van der Waals surface area contributed by atoms with Crippen LogP contribution in [0.15, 0.2) is 30.3 Å². The van der Waals surface area contributed by atoms with Gasteiger partial charge < -0.3 is 9.90 Å². The fraction of sp³-hybridized carbons (Fsp3) is 0. The number of hydrogen-bond donors (Lipinski definition) is 0. The van der Waals surface area contributed by atoms with Gasteiger partial charge in [-0.2, -0.15) is 0 Å². The third kappa shape index (κ3) is 4.45. The standard InChI is InChI=1S/C9H7NO4.Li/c11-9(12)5-4-7-2-1-3-8(6-7)10(13)14;/h1-6H,(H,11,12);/q;+1/p-1/b5-4+;. The molecule has 0 aromatic heterocycles. The molecule has 0 aliphatic rings. The molecule has 0 bridgehead atoms. The molecule has 15 heavy (non-hydrogen) atoms. The van der Waals surface area contributed by atoms with Crippen molar-refractivity contribution < 1.29 is 33.7 Å². The Hall–Kier alpha value is -1.57. The molecule has 0 fully saturated rings. The van der Waals surface area contributed by atoms with Crippen molar-refractivity contribution in [2.24, 2.45) is 0 Å². The number of non-ortho nitro benzene ring substituents is 1. The van der Waals surface area contributed by atoms with E-state index < -0.39 is 10.9 Å². The molecule has 0 atom stereocenters. The zero-order chi connectivity index (χ0) is 10.6. The van der Waals surface area contributed by atoms with Gasteiger partial charge in [0, 0.05) is 12.1 Å². The number of benzene rings is 1. The van der Waals surface area contributed by atoms with Crippen LogP contribution in [0.4, 0.5) is 5.69 Å². The molecule has 0 spiro atoms. The van der Waals surface area contributed by atoms with Crippen molar-refractivity contribution in [2.75, 3.05) is 0 Å². The van der Waals surface area contributed by atoms with Gasteiger partial charge in [0.1, 0.15) is 0 Å². The van der Waals surface area contributed by atoms with Gasteiger partial charge in [0.15, 0.2) is 0 Å². The van der Waals surface area contributed by atoms with Gasteiger partial charge >= 0.3 is 18.9 Å². The van der Waals surface area contributed by atoms with Crippen LogP contribution in [0, 0.1) is 10.1 Å². The molecule has 0 saturated carbocycles. The van der Waals surface area contributed by atoms with Crippen molar-refractivity contribution >= 4 is 17.7 Å². The zero-order valence-electron chi connectivity index (χ0n) is 8.04. The molecule has 0 aliphatic carbocycles. The van der Waals surface area contributed by atoms with Gasteiger partial charge in [0.05, 0.1) is 10.9 Å². The molecule has 0 N–H and O–H groups in total. The monoisotopic (exact) mass is 199 g/mol. The Labute approximate surface area is 97.7 Å². The fourth-order valence-corrected chi connectivity index (χ4v) is 0.906. The number of rotatable bonds is 3. The molecule has 6 heteroatoms. The van der Waals surface area contributed by atoms with Crippen LogP contribution in [0.2, 0.25) is 0 Å². The van der Waals surface area contributed by atoms with E-state index >= 15 is 0 Å². The minimum atomic E-state index is -1.34. The molecule has 5 nitrogen and oxygen atoms in total. The summed E-state index contributed by atoms with van der Waals surface area (Å²) in [7, 11) is 0. The summed E-state index contributed by atoms with van der Waals surface area (Å²) in [5.41, 5.74) is 0.369. The zero-order valence-corrected chi connectivity index (χ0v) is 8.04. The molecule has 1 rings (SSSR count). The predicted octanol–water partition coefficient (Wildman–Crippen LogP) is -2.64. The number of carboxylic acids is 1. The third-order valence-corrected chi connectivity index (χ3v) is 1.49. The van der Waals surface area contributed by atoms with Crippen LogP contribution < -0.4 is 24.0 Å². The molecule has 0 radical (unpaired) electrons. The Kier molecular flexibility index (Phi) is 5.38. The molecule has 0 saturated heterocycles. The van der Waals surface area contributed by atoms with E-state index in [1.165, 1.54) is 24.3 Å². The van der Waals surface area contributed by atoms with Gasteiger partial charge in [-0.1, -0.05) is 18.2 Å². The predicted molar refractivity (Wildman–Crippen MR) is 47.1 cm³/mol. The topological polar surface area (TPSA) is 83.3 Å². The van der Waals surface area contributed by atoms with Crippen LogP contribution >= 0.6 is 0 Å². The maximum Gasteiger partial charge on any atom is 1.00 e. The maximum atomic E-state index is 10.3. The molecule has 1 aromatic rings. The third-order valence-electron chi connectivity index (χ3n) is 1.49. The van der Waals surface area contributed by atoms with Crippen LogP contribution in [0.1, 0.15) is 5.56 Å². The summed E-state index contributed by atoms with van der Waals surface area (Å²) in [6.45, 7) is 0. The van der Waals surface area contributed by atoms with Crippen LogP contribution in [-0.4, -0.2) is 10.9 Å². The number of aliphatic carboxylic acids is 1. The number of carbonyl (C=O) groups is 1. The van der Waals surface area contributed by atoms with Gasteiger partial charge in [0.2, 0.25) is 0 Å². The van der Waals surface area contributed by atoms with Crippen LogP contribution in [0.25, 0.3) is 6.08 Å². The van der Waals surface area contributed by atoms with E-state index in [-0.39, 0.29) is 24.5 Å². The minimum absolute atomic E-state index is 0. The van der Waals surface area contributed by atoms with Crippen molar-refractivity contribution in [3.63, 3.8) is 0 Å². The van der Waals surface area contributed by atoms with Crippen molar-refractivity contribution in [1.29, 1.82) is 0 Å². The fourth-order valence-electron chi connectivity index (χ4n) is 0.906. The van der Waals surface area contributed by atoms with Gasteiger partial charge in [0.25, 0.3) is 5.69 Å². The number of hydrogen-bond acceptors (Lipinski definition) is 4. The van der Waals surface area contributed by atoms with Crippen molar-refractivity contribution in [3.8, 4) is 0 Å². The quantitative estimate of drug-likeness (QED) is 0.230. The van der Waals surface area contributed by atoms with Crippen LogP contribution in [0.5, 0.6) is 0 Å². The SMILES string of the molecule is O=C([O-])/C=C/c1cccc([N+](=O)[O-])c1.[Li+]. The molecule has 0 unspecified atom stereocenters. The summed E-state index contributed by atoms with van der Waals surface area (Å²) >= 11 is 0. The van der Waals surface area contributed by atoms with Crippen LogP contribution in [-0.2, 0) is 4.79 Å². The second kappa shape index (κ2) is 6.01. The second-order valence-corrected chi connectivity index (χ2v) is 2.50. The maximum absolute atomic E-state index is 10.3. The smallest absolute Gasteiger partial charge is 0.545 e. The largest absolute Gasteiger partial charge is 1.00 e. The Morgan fingerprint density at radius 3 is 2.60 bits per heavy atom. The molecular formula is C9H6LiNO4. The number of carbonyl (C=O) groups excluding carboxylic acids is 1. The first kappa shape index (κ1) is 13.4. The van der Waals surface area contributed by atoms with E-state index in [2.05, 4.69) is 0 Å². The summed E-state index contributed by atoms with van der Waals surface area (Å²) in [6, 6.07) is 5.65. The molecule has 0 amide bonds. The summed E-state index contributed by atoms with van der Waals surface area (Å²) in [5, 5.41) is 20.4. The Balaban J connectivity index is 0.00000196. The van der Waals surface area contributed by atoms with E-state index in [9.17, 15) is 20.0 Å². The Morgan fingerprint density at radius 1 is 1.40 bits per heavy atom. The van der Waals surface area contributed by atoms with E-state index in [1.807, 2.05) is 0 Å². The van der Waals surface area contributed by atoms with Gasteiger partial charge in [-0.3, -0.25) is 10.1 Å². The molecule has 0 heterocycles. The summed E-state index contributed by atoms with van der Waals surface area (Å²) in [4.78, 5) is 19.9. The molecule has 0 aliphatic heterocycles. The van der Waals surface area contributed by atoms with Gasteiger partial charge in [-0.25, -0.2) is 0 Å². The van der Waals surface area contributed by atoms with Crippen molar-refractivity contribution in [3.05, 3.63) is 46.0 Å². The number of carboxylic acid groups (broad SMARTS) is 1. The normalized spacial score (nSPS) is 9.60. The number of nitro benzene ring substituents is 1. The average molecular weight is 199 g/mol. The molecule has 72 valence electrons. The van der Waals surface area contributed by atoms with Crippen LogP contribution in [0.3, 0.4) is 0 Å². The van der Waals surface area contributed by atoms with Crippen molar-refractivity contribution in [1.82, 2.24) is 0 Å². The second-order valence-electron chi connectivity index (χ2n) is 2.50. The van der Waals surface area contributed by atoms with Gasteiger partial charge in [-0.05, 0) is 11.6 Å². The minimum Gasteiger partial charge on any atom is -0.545 e. The first-order chi connectivity index (χ1) is 6.59. The first-order valence-corrected chi connectivity index (χ1v) is 3.73. The van der Waals surface area contributed by atoms with Crippen molar-refractivity contribution in [2.45, 2.75) is 0 Å². The number of nitro groups is 1. The summed E-state index contributed by atoms with van der Waals surface area (Å²) in [6.07, 6.45) is 2.06. The van der Waals surface area contributed by atoms with E-state index in [0.29, 0.717) is 5.56 Å². The average Bonchev–Trinajstić information content (AvgIpc) is 2.15. The van der Waals surface area contributed by atoms with E-state index in [0.717, 1.165) is 6.08 Å². The Bertz CT molecular complexity index is 403. The Morgan fingerprint density at radius 2 is 2.07 bits per heavy atom.